The highest BCUT2D eigenvalue weighted by Gasteiger charge is 2.24. The van der Waals surface area contributed by atoms with E-state index < -0.39 is 5.97 Å². The number of nitrogens with one attached hydrogen (secondary N) is 1. The van der Waals surface area contributed by atoms with Gasteiger partial charge in [0.25, 0.3) is 0 Å². The third-order valence-corrected chi connectivity index (χ3v) is 5.39. The molecule has 1 aromatic rings. The summed E-state index contributed by atoms with van der Waals surface area (Å²) in [5, 5.41) is 12.4. The van der Waals surface area contributed by atoms with Gasteiger partial charge in [0.05, 0.1) is 11.3 Å². The van der Waals surface area contributed by atoms with Crippen molar-refractivity contribution in [2.75, 3.05) is 24.2 Å². The lowest BCUT2D eigenvalue weighted by atomic mass is 10.2. The van der Waals surface area contributed by atoms with E-state index in [1.54, 1.807) is 17.0 Å². The number of nitrogens with zero attached hydrogens (tertiary/aromatic N) is 1. The highest BCUT2D eigenvalue weighted by atomic mass is 79.9. The van der Waals surface area contributed by atoms with E-state index in [1.807, 2.05) is 11.8 Å². The minimum absolute atomic E-state index is 0.0798. The fourth-order valence-corrected chi connectivity index (χ4v) is 3.81. The highest BCUT2D eigenvalue weighted by molar-refractivity contribution is 9.10. The van der Waals surface area contributed by atoms with E-state index in [4.69, 9.17) is 0 Å². The number of aromatic carboxylic acids is 1. The van der Waals surface area contributed by atoms with Crippen LogP contribution in [0.25, 0.3) is 0 Å². The molecule has 114 valence electrons. The van der Waals surface area contributed by atoms with E-state index in [0.29, 0.717) is 28.5 Å². The van der Waals surface area contributed by atoms with Crippen LogP contribution in [0.2, 0.25) is 0 Å². The van der Waals surface area contributed by atoms with Crippen LogP contribution in [0.15, 0.2) is 22.7 Å². The smallest absolute Gasteiger partial charge is 0.337 e. The topological polar surface area (TPSA) is 69.6 Å². The molecule has 5 nitrogen and oxygen atoms in total. The van der Waals surface area contributed by atoms with Crippen molar-refractivity contribution >= 4 is 45.4 Å². The van der Waals surface area contributed by atoms with Gasteiger partial charge in [-0.15, -0.1) is 0 Å². The minimum atomic E-state index is -1.06. The van der Waals surface area contributed by atoms with Gasteiger partial charge in [-0.1, -0.05) is 13.0 Å². The average Bonchev–Trinajstić information content (AvgIpc) is 2.49. The van der Waals surface area contributed by atoms with Crippen molar-refractivity contribution in [1.82, 2.24) is 4.90 Å². The van der Waals surface area contributed by atoms with Crippen LogP contribution < -0.4 is 5.32 Å². The van der Waals surface area contributed by atoms with Gasteiger partial charge in [-0.05, 0) is 34.5 Å². The Morgan fingerprint density at radius 2 is 2.29 bits per heavy atom. The second-order valence-corrected chi connectivity index (χ2v) is 7.01. The normalized spacial score (nSPS) is 18.4. The third kappa shape index (κ3) is 3.91. The standard InChI is InChI=1S/C14H17BrN2O3S/c1-2-9-8-17(6-7-21-9)14(20)16-12-10(13(18)19)4-3-5-11(12)15/h3-5,9H,2,6-8H2,1H3,(H,16,20)(H,18,19). The zero-order valence-corrected chi connectivity index (χ0v) is 14.0. The summed E-state index contributed by atoms with van der Waals surface area (Å²) in [5.41, 5.74) is 0.387. The maximum absolute atomic E-state index is 12.3. The first kappa shape index (κ1) is 16.2. The van der Waals surface area contributed by atoms with Crippen LogP contribution >= 0.6 is 27.7 Å². The van der Waals surface area contributed by atoms with E-state index in [1.165, 1.54) is 6.07 Å². The Kier molecular flexibility index (Phi) is 5.52. The summed E-state index contributed by atoms with van der Waals surface area (Å²) in [6.45, 7) is 3.48. The van der Waals surface area contributed by atoms with Gasteiger partial charge in [0.2, 0.25) is 0 Å². The lowest BCUT2D eigenvalue weighted by Gasteiger charge is -2.32. The van der Waals surface area contributed by atoms with Gasteiger partial charge < -0.3 is 15.3 Å². The molecule has 1 heterocycles. The summed E-state index contributed by atoms with van der Waals surface area (Å²) in [4.78, 5) is 25.3. The van der Waals surface area contributed by atoms with E-state index in [-0.39, 0.29) is 11.6 Å². The SMILES string of the molecule is CCC1CN(C(=O)Nc2c(Br)cccc2C(=O)O)CCS1. The van der Waals surface area contributed by atoms with Crippen LogP contribution in [0.4, 0.5) is 10.5 Å². The van der Waals surface area contributed by atoms with Crippen molar-refractivity contribution in [1.29, 1.82) is 0 Å². The second-order valence-electron chi connectivity index (χ2n) is 4.74. The molecule has 7 heteroatoms. The van der Waals surface area contributed by atoms with Crippen molar-refractivity contribution < 1.29 is 14.7 Å². The van der Waals surface area contributed by atoms with Crippen molar-refractivity contribution in [2.24, 2.45) is 0 Å². The number of halogens is 1. The van der Waals surface area contributed by atoms with Crippen molar-refractivity contribution in [3.8, 4) is 0 Å². The molecule has 1 atom stereocenters. The summed E-state index contributed by atoms with van der Waals surface area (Å²) >= 11 is 5.17. The van der Waals surface area contributed by atoms with Crippen molar-refractivity contribution in [3.05, 3.63) is 28.2 Å². The first-order valence-electron chi connectivity index (χ1n) is 6.72. The van der Waals surface area contributed by atoms with Gasteiger partial charge in [-0.3, -0.25) is 0 Å². The maximum atomic E-state index is 12.3. The average molecular weight is 373 g/mol. The number of para-hydroxylation sites is 1. The molecule has 2 N–H and O–H groups in total. The minimum Gasteiger partial charge on any atom is -0.478 e. The van der Waals surface area contributed by atoms with E-state index in [0.717, 1.165) is 12.2 Å². The van der Waals surface area contributed by atoms with Crippen LogP contribution in [-0.2, 0) is 0 Å². The molecule has 1 saturated heterocycles. The summed E-state index contributed by atoms with van der Waals surface area (Å²) in [6.07, 6.45) is 1.02. The number of carbonyl (C=O) groups excluding carboxylic acids is 1. The Morgan fingerprint density at radius 3 is 2.95 bits per heavy atom. The first-order chi connectivity index (χ1) is 10.0. The van der Waals surface area contributed by atoms with Gasteiger partial charge in [0, 0.05) is 28.6 Å². The number of carboxylic acids is 1. The summed E-state index contributed by atoms with van der Waals surface area (Å²) in [7, 11) is 0. The van der Waals surface area contributed by atoms with Gasteiger partial charge in [-0.25, -0.2) is 9.59 Å². The lowest BCUT2D eigenvalue weighted by molar-refractivity contribution is 0.0698. The largest absolute Gasteiger partial charge is 0.478 e. The number of urea groups is 1. The Bertz CT molecular complexity index is 553. The molecule has 0 aromatic heterocycles. The highest BCUT2D eigenvalue weighted by Crippen LogP contribution is 2.28. The molecule has 21 heavy (non-hydrogen) atoms. The van der Waals surface area contributed by atoms with E-state index >= 15 is 0 Å². The number of rotatable bonds is 3. The molecule has 2 amide bonds. The summed E-state index contributed by atoms with van der Waals surface area (Å²) in [5.74, 6) is -0.152. The summed E-state index contributed by atoms with van der Waals surface area (Å²) < 4.78 is 0.564. The number of hydrogen-bond acceptors (Lipinski definition) is 3. The third-order valence-electron chi connectivity index (χ3n) is 3.36. The molecule has 1 aromatic carbocycles. The number of anilines is 1. The quantitative estimate of drug-likeness (QED) is 0.851. The fraction of sp³-hybridized carbons (Fsp3) is 0.429. The molecule has 0 bridgehead atoms. The molecule has 0 spiro atoms. The maximum Gasteiger partial charge on any atom is 0.337 e. The molecule has 0 aliphatic carbocycles. The lowest BCUT2D eigenvalue weighted by Crippen LogP contribution is -2.44. The number of carboxylic acid groups (broad SMARTS) is 1. The molecule has 0 radical (unpaired) electrons. The number of carbonyl (C=O) groups is 2. The zero-order chi connectivity index (χ0) is 15.4. The molecule has 1 aliphatic rings. The number of benzene rings is 1. The summed E-state index contributed by atoms with van der Waals surface area (Å²) in [6, 6.07) is 4.57. The zero-order valence-electron chi connectivity index (χ0n) is 11.6. The molecular weight excluding hydrogens is 356 g/mol. The molecule has 1 fully saturated rings. The molecule has 1 unspecified atom stereocenters. The fourth-order valence-electron chi connectivity index (χ4n) is 2.17. The molecule has 1 aliphatic heterocycles. The van der Waals surface area contributed by atoms with Gasteiger partial charge in [0.15, 0.2) is 0 Å². The van der Waals surface area contributed by atoms with Gasteiger partial charge >= 0.3 is 12.0 Å². The molecule has 2 rings (SSSR count). The van der Waals surface area contributed by atoms with Crippen molar-refractivity contribution in [2.45, 2.75) is 18.6 Å². The Hall–Kier alpha value is -1.21. The Labute approximate surface area is 136 Å². The van der Waals surface area contributed by atoms with E-state index in [9.17, 15) is 14.7 Å². The predicted octanol–water partition coefficient (Wildman–Crippen LogP) is 3.51. The van der Waals surface area contributed by atoms with Crippen LogP contribution in [0.1, 0.15) is 23.7 Å². The van der Waals surface area contributed by atoms with Gasteiger partial charge in [-0.2, -0.15) is 11.8 Å². The molecule has 0 saturated carbocycles. The second kappa shape index (κ2) is 7.17. The van der Waals surface area contributed by atoms with Crippen molar-refractivity contribution in [3.63, 3.8) is 0 Å². The Balaban J connectivity index is 2.14. The van der Waals surface area contributed by atoms with Crippen LogP contribution in [-0.4, -0.2) is 46.1 Å². The Morgan fingerprint density at radius 1 is 1.52 bits per heavy atom. The van der Waals surface area contributed by atoms with Crippen LogP contribution in [0.5, 0.6) is 0 Å². The number of hydrogen-bond donors (Lipinski definition) is 2. The van der Waals surface area contributed by atoms with E-state index in [2.05, 4.69) is 28.2 Å². The number of amides is 2. The first-order valence-corrected chi connectivity index (χ1v) is 8.56. The monoisotopic (exact) mass is 372 g/mol. The van der Waals surface area contributed by atoms with Crippen LogP contribution in [0, 0.1) is 0 Å². The van der Waals surface area contributed by atoms with Crippen LogP contribution in [0.3, 0.4) is 0 Å². The predicted molar refractivity (Wildman–Crippen MR) is 88.2 cm³/mol. The number of thioether (sulfide) groups is 1. The molecular formula is C14H17BrN2O3S. The van der Waals surface area contributed by atoms with Gasteiger partial charge in [0.1, 0.15) is 0 Å².